The minimum atomic E-state index is -0.739. The summed E-state index contributed by atoms with van der Waals surface area (Å²) in [5, 5.41) is 7.36. The molecule has 0 saturated heterocycles. The van der Waals surface area contributed by atoms with Crippen molar-refractivity contribution in [3.63, 3.8) is 0 Å². The van der Waals surface area contributed by atoms with Gasteiger partial charge >= 0.3 is 0 Å². The summed E-state index contributed by atoms with van der Waals surface area (Å²) in [6, 6.07) is 81.4. The summed E-state index contributed by atoms with van der Waals surface area (Å²) in [7, 11) is 0. The number of nitrogens with zero attached hydrogens (tertiary/aromatic N) is 5. The standard InChI is InChI=1S/C65H39N5O/c1-6-20-55-45(13-1)46-14-2-7-21-56(46)68(55)42-27-29-43(30-28-42)69-59-24-10-5-17-49(59)50-37-40(25-33-60(50)69)41-26-34-61-54(38-41)65(52-18-11-35-66-63(52)64-53(65)19-12-36-67-64)51-32-31-44(39-62(51)71-61)70-57-22-8-3-15-47(57)48-16-4-9-23-58(48)70/h1-39H. The maximum absolute atomic E-state index is 7.14. The van der Waals surface area contributed by atoms with Crippen molar-refractivity contribution in [3.8, 4) is 51.1 Å². The number of aromatic nitrogens is 5. The summed E-state index contributed by atoms with van der Waals surface area (Å²) in [5.41, 5.74) is 17.9. The molecule has 0 atom stereocenters. The lowest BCUT2D eigenvalue weighted by Crippen LogP contribution is -2.32. The van der Waals surface area contributed by atoms with E-state index in [1.54, 1.807) is 0 Å². The van der Waals surface area contributed by atoms with Crippen LogP contribution in [-0.2, 0) is 5.41 Å². The number of hydrogen-bond donors (Lipinski definition) is 0. The lowest BCUT2D eigenvalue weighted by molar-refractivity contribution is 0.436. The molecule has 0 radical (unpaired) electrons. The normalized spacial score (nSPS) is 13.3. The molecule has 0 N–H and O–H groups in total. The van der Waals surface area contributed by atoms with Gasteiger partial charge in [-0.05, 0) is 119 Å². The molecule has 71 heavy (non-hydrogen) atoms. The average Bonchev–Trinajstić information content (AvgIpc) is 4.15. The molecule has 5 aromatic heterocycles. The van der Waals surface area contributed by atoms with Gasteiger partial charge in [-0.2, -0.15) is 0 Å². The summed E-state index contributed by atoms with van der Waals surface area (Å²) in [5.74, 6) is 1.63. The fourth-order valence-corrected chi connectivity index (χ4v) is 12.5. The van der Waals surface area contributed by atoms with Gasteiger partial charge in [0, 0.05) is 79.0 Å². The first kappa shape index (κ1) is 38.4. The Morgan fingerprint density at radius 2 is 0.718 bits per heavy atom. The van der Waals surface area contributed by atoms with Crippen LogP contribution in [0.5, 0.6) is 11.5 Å². The third-order valence-electron chi connectivity index (χ3n) is 15.4. The highest BCUT2D eigenvalue weighted by atomic mass is 16.5. The summed E-state index contributed by atoms with van der Waals surface area (Å²) in [4.78, 5) is 10.0. The first-order chi connectivity index (χ1) is 35.2. The SMILES string of the molecule is c1cnc2c(c1)C1(c3ccc(-n4c5ccccc5c5ccccc54)cc3Oc3ccc(-c4ccc5c(c4)c4ccccc4n5-c4ccc(-n5c6ccccc6c6ccccc65)cc4)cc31)c1cccnc1-2. The molecular formula is C65H39N5O. The van der Waals surface area contributed by atoms with Crippen molar-refractivity contribution in [1.29, 1.82) is 0 Å². The van der Waals surface area contributed by atoms with Gasteiger partial charge in [0.25, 0.3) is 0 Å². The molecule has 0 bridgehead atoms. The molecule has 1 aliphatic heterocycles. The van der Waals surface area contributed by atoms with Crippen LogP contribution in [0.25, 0.3) is 105 Å². The Kier molecular flexibility index (Phi) is 7.72. The minimum Gasteiger partial charge on any atom is -0.457 e. The maximum atomic E-state index is 7.14. The van der Waals surface area contributed by atoms with E-state index in [4.69, 9.17) is 14.7 Å². The quantitative estimate of drug-likeness (QED) is 0.177. The highest BCUT2D eigenvalue weighted by Gasteiger charge is 2.52. The monoisotopic (exact) mass is 905 g/mol. The van der Waals surface area contributed by atoms with Crippen LogP contribution in [0.4, 0.5) is 0 Å². The molecule has 9 aromatic carbocycles. The number of pyridine rings is 2. The Morgan fingerprint density at radius 3 is 1.24 bits per heavy atom. The Hall–Kier alpha value is -9.52. The van der Waals surface area contributed by atoms with E-state index < -0.39 is 5.41 Å². The fourth-order valence-electron chi connectivity index (χ4n) is 12.5. The maximum Gasteiger partial charge on any atom is 0.134 e. The number of ether oxygens (including phenoxy) is 1. The molecule has 2 aliphatic rings. The van der Waals surface area contributed by atoms with Gasteiger partial charge < -0.3 is 18.4 Å². The Balaban J connectivity index is 0.855. The number of benzene rings is 9. The molecule has 0 fully saturated rings. The van der Waals surface area contributed by atoms with Crippen LogP contribution < -0.4 is 4.74 Å². The average molecular weight is 906 g/mol. The molecular weight excluding hydrogens is 867 g/mol. The van der Waals surface area contributed by atoms with Gasteiger partial charge in [0.05, 0.1) is 49.9 Å². The van der Waals surface area contributed by atoms with Gasteiger partial charge in [-0.25, -0.2) is 0 Å². The third-order valence-corrected chi connectivity index (χ3v) is 15.4. The van der Waals surface area contributed by atoms with Crippen molar-refractivity contribution in [3.05, 3.63) is 259 Å². The molecule has 330 valence electrons. The van der Waals surface area contributed by atoms with Crippen LogP contribution in [0.3, 0.4) is 0 Å². The molecule has 14 aromatic rings. The number of rotatable bonds is 4. The first-order valence-electron chi connectivity index (χ1n) is 24.2. The van der Waals surface area contributed by atoms with Crippen molar-refractivity contribution in [2.24, 2.45) is 0 Å². The van der Waals surface area contributed by atoms with Crippen LogP contribution in [0.1, 0.15) is 22.3 Å². The van der Waals surface area contributed by atoms with E-state index in [0.717, 1.165) is 95.4 Å². The molecule has 6 nitrogen and oxygen atoms in total. The lowest BCUT2D eigenvalue weighted by atomic mass is 9.66. The zero-order valence-electron chi connectivity index (χ0n) is 38.2. The van der Waals surface area contributed by atoms with Gasteiger partial charge in [0.15, 0.2) is 0 Å². The predicted molar refractivity (Wildman–Crippen MR) is 288 cm³/mol. The van der Waals surface area contributed by atoms with Crippen LogP contribution >= 0.6 is 0 Å². The van der Waals surface area contributed by atoms with Crippen LogP contribution in [-0.4, -0.2) is 23.7 Å². The van der Waals surface area contributed by atoms with E-state index in [-0.39, 0.29) is 0 Å². The second-order valence-corrected chi connectivity index (χ2v) is 18.9. The summed E-state index contributed by atoms with van der Waals surface area (Å²) in [6.45, 7) is 0. The van der Waals surface area contributed by atoms with Crippen LogP contribution in [0.2, 0.25) is 0 Å². The van der Waals surface area contributed by atoms with Gasteiger partial charge in [0.2, 0.25) is 0 Å². The van der Waals surface area contributed by atoms with Crippen molar-refractivity contribution in [1.82, 2.24) is 23.7 Å². The Labute approximate surface area is 407 Å². The minimum absolute atomic E-state index is 0.739. The van der Waals surface area contributed by atoms with Crippen molar-refractivity contribution in [2.45, 2.75) is 5.41 Å². The molecule has 16 rings (SSSR count). The van der Waals surface area contributed by atoms with E-state index >= 15 is 0 Å². The largest absolute Gasteiger partial charge is 0.457 e. The van der Waals surface area contributed by atoms with E-state index in [9.17, 15) is 0 Å². The molecule has 1 aliphatic carbocycles. The zero-order chi connectivity index (χ0) is 46.4. The van der Waals surface area contributed by atoms with E-state index in [0.29, 0.717) is 0 Å². The molecule has 0 saturated carbocycles. The first-order valence-corrected chi connectivity index (χ1v) is 24.2. The smallest absolute Gasteiger partial charge is 0.134 e. The molecule has 6 heterocycles. The van der Waals surface area contributed by atoms with Gasteiger partial charge in [0.1, 0.15) is 11.5 Å². The van der Waals surface area contributed by atoms with Crippen molar-refractivity contribution in [2.75, 3.05) is 0 Å². The second-order valence-electron chi connectivity index (χ2n) is 18.9. The summed E-state index contributed by atoms with van der Waals surface area (Å²) >= 11 is 0. The topological polar surface area (TPSA) is 49.8 Å². The predicted octanol–water partition coefficient (Wildman–Crippen LogP) is 15.9. The van der Waals surface area contributed by atoms with Gasteiger partial charge in [-0.3, -0.25) is 9.97 Å². The van der Waals surface area contributed by atoms with Crippen LogP contribution in [0, 0.1) is 0 Å². The fraction of sp³-hybridized carbons (Fsp3) is 0.0154. The van der Waals surface area contributed by atoms with Crippen LogP contribution in [0.15, 0.2) is 237 Å². The van der Waals surface area contributed by atoms with Crippen molar-refractivity contribution >= 4 is 65.4 Å². The molecule has 0 unspecified atom stereocenters. The Bertz CT molecular complexity index is 4420. The third kappa shape index (κ3) is 5.15. The second kappa shape index (κ2) is 14.3. The van der Waals surface area contributed by atoms with E-state index in [2.05, 4.69) is 238 Å². The van der Waals surface area contributed by atoms with Crippen molar-refractivity contribution < 1.29 is 4.74 Å². The van der Waals surface area contributed by atoms with E-state index in [1.807, 2.05) is 12.4 Å². The summed E-state index contributed by atoms with van der Waals surface area (Å²) in [6.07, 6.45) is 3.76. The number of fused-ring (bicyclic) bond motifs is 18. The zero-order valence-corrected chi connectivity index (χ0v) is 38.2. The van der Waals surface area contributed by atoms with Gasteiger partial charge in [-0.15, -0.1) is 0 Å². The molecule has 1 spiro atoms. The summed E-state index contributed by atoms with van der Waals surface area (Å²) < 4.78 is 14.3. The number of para-hydroxylation sites is 5. The Morgan fingerprint density at radius 1 is 0.296 bits per heavy atom. The number of hydrogen-bond acceptors (Lipinski definition) is 3. The van der Waals surface area contributed by atoms with Gasteiger partial charge in [-0.1, -0.05) is 121 Å². The highest BCUT2D eigenvalue weighted by Crippen LogP contribution is 2.62. The lowest BCUT2D eigenvalue weighted by Gasteiger charge is -2.39. The molecule has 6 heteroatoms. The highest BCUT2D eigenvalue weighted by molar-refractivity contribution is 6.12. The molecule has 0 amide bonds. The van der Waals surface area contributed by atoms with E-state index in [1.165, 1.54) is 43.4 Å².